The second-order valence-electron chi connectivity index (χ2n) is 6.54. The Morgan fingerprint density at radius 3 is 2.74 bits per heavy atom. The minimum Gasteiger partial charge on any atom is -0.497 e. The van der Waals surface area contributed by atoms with Crippen LogP contribution in [0.1, 0.15) is 56.0 Å². The van der Waals surface area contributed by atoms with Crippen LogP contribution in [0.2, 0.25) is 0 Å². The highest BCUT2D eigenvalue weighted by molar-refractivity contribution is 5.79. The number of aryl methyl sites for hydroxylation is 1. The molecule has 0 aliphatic carbocycles. The summed E-state index contributed by atoms with van der Waals surface area (Å²) in [5.41, 5.74) is 2.31. The van der Waals surface area contributed by atoms with Gasteiger partial charge in [0.1, 0.15) is 5.75 Å². The van der Waals surface area contributed by atoms with E-state index in [0.29, 0.717) is 12.5 Å². The summed E-state index contributed by atoms with van der Waals surface area (Å²) in [4.78, 5) is 4.26. The molecule has 0 spiro atoms. The molecule has 1 aromatic carbocycles. The van der Waals surface area contributed by atoms with Crippen molar-refractivity contribution in [1.29, 1.82) is 0 Å². The second kappa shape index (κ2) is 11.3. The third-order valence-electron chi connectivity index (χ3n) is 4.70. The molecule has 2 rings (SSSR count). The summed E-state index contributed by atoms with van der Waals surface area (Å²) < 4.78 is 10.7. The standard InChI is InChI=1S/C21H32N4O2/c1-5-17(6-2)20-14-19(27-25-20)15-24-21(22-3)23-12-8-10-16-9-7-11-18(13-16)26-4/h7,9,11,13-14,17H,5-6,8,10,12,15H2,1-4H3,(H2,22,23,24). The van der Waals surface area contributed by atoms with E-state index in [-0.39, 0.29) is 0 Å². The Bertz CT molecular complexity index is 708. The van der Waals surface area contributed by atoms with Crippen molar-refractivity contribution in [2.45, 2.75) is 52.0 Å². The predicted octanol–water partition coefficient (Wildman–Crippen LogP) is 3.88. The molecule has 148 valence electrons. The molecule has 2 N–H and O–H groups in total. The number of methoxy groups -OCH3 is 1. The third-order valence-corrected chi connectivity index (χ3v) is 4.70. The lowest BCUT2D eigenvalue weighted by molar-refractivity contribution is 0.368. The maximum atomic E-state index is 5.44. The van der Waals surface area contributed by atoms with E-state index < -0.39 is 0 Å². The van der Waals surface area contributed by atoms with Gasteiger partial charge in [-0.05, 0) is 43.4 Å². The van der Waals surface area contributed by atoms with Gasteiger partial charge in [-0.25, -0.2) is 0 Å². The highest BCUT2D eigenvalue weighted by atomic mass is 16.5. The normalized spacial score (nSPS) is 11.7. The largest absolute Gasteiger partial charge is 0.497 e. The van der Waals surface area contributed by atoms with Crippen molar-refractivity contribution in [2.24, 2.45) is 4.99 Å². The van der Waals surface area contributed by atoms with Crippen LogP contribution in [0.15, 0.2) is 39.8 Å². The molecule has 2 aromatic rings. The zero-order chi connectivity index (χ0) is 19.5. The summed E-state index contributed by atoms with van der Waals surface area (Å²) in [6.07, 6.45) is 4.15. The average molecular weight is 373 g/mol. The average Bonchev–Trinajstić information content (AvgIpc) is 3.17. The number of rotatable bonds is 10. The summed E-state index contributed by atoms with van der Waals surface area (Å²) in [6.45, 7) is 5.77. The predicted molar refractivity (Wildman–Crippen MR) is 109 cm³/mol. The molecule has 0 saturated heterocycles. The van der Waals surface area contributed by atoms with Gasteiger partial charge in [-0.15, -0.1) is 0 Å². The van der Waals surface area contributed by atoms with Crippen molar-refractivity contribution in [3.05, 3.63) is 47.3 Å². The Labute approximate surface area is 162 Å². The smallest absolute Gasteiger partial charge is 0.191 e. The highest BCUT2D eigenvalue weighted by Gasteiger charge is 2.13. The molecule has 1 aromatic heterocycles. The van der Waals surface area contributed by atoms with Crippen molar-refractivity contribution in [3.8, 4) is 5.75 Å². The van der Waals surface area contributed by atoms with E-state index in [1.807, 2.05) is 18.2 Å². The van der Waals surface area contributed by atoms with Crippen LogP contribution < -0.4 is 15.4 Å². The maximum Gasteiger partial charge on any atom is 0.191 e. The Morgan fingerprint density at radius 1 is 1.22 bits per heavy atom. The minimum absolute atomic E-state index is 0.469. The Balaban J connectivity index is 1.73. The van der Waals surface area contributed by atoms with Crippen LogP contribution in [0.5, 0.6) is 5.75 Å². The minimum atomic E-state index is 0.469. The van der Waals surface area contributed by atoms with E-state index in [0.717, 1.165) is 55.4 Å². The third kappa shape index (κ3) is 6.62. The lowest BCUT2D eigenvalue weighted by Crippen LogP contribution is -2.37. The first-order valence-electron chi connectivity index (χ1n) is 9.73. The number of hydrogen-bond acceptors (Lipinski definition) is 4. The first kappa shape index (κ1) is 20.8. The number of nitrogens with one attached hydrogen (secondary N) is 2. The first-order valence-corrected chi connectivity index (χ1v) is 9.73. The van der Waals surface area contributed by atoms with Crippen LogP contribution in [0.3, 0.4) is 0 Å². The van der Waals surface area contributed by atoms with Gasteiger partial charge >= 0.3 is 0 Å². The number of aliphatic imine (C=N–C) groups is 1. The van der Waals surface area contributed by atoms with Crippen LogP contribution >= 0.6 is 0 Å². The molecule has 0 bridgehead atoms. The van der Waals surface area contributed by atoms with Crippen LogP contribution in [0.25, 0.3) is 0 Å². The van der Waals surface area contributed by atoms with Gasteiger partial charge in [-0.1, -0.05) is 31.1 Å². The van der Waals surface area contributed by atoms with Crippen molar-refractivity contribution >= 4 is 5.96 Å². The number of hydrogen-bond donors (Lipinski definition) is 2. The number of ether oxygens (including phenoxy) is 1. The number of guanidine groups is 1. The number of nitrogens with zero attached hydrogens (tertiary/aromatic N) is 2. The molecule has 0 aliphatic rings. The van der Waals surface area contributed by atoms with Gasteiger partial charge in [0.2, 0.25) is 0 Å². The zero-order valence-electron chi connectivity index (χ0n) is 16.9. The molecule has 0 amide bonds. The second-order valence-corrected chi connectivity index (χ2v) is 6.54. The lowest BCUT2D eigenvalue weighted by atomic mass is 9.99. The van der Waals surface area contributed by atoms with Gasteiger partial charge in [-0.3, -0.25) is 4.99 Å². The Kier molecular flexibility index (Phi) is 8.68. The molecule has 0 fully saturated rings. The van der Waals surface area contributed by atoms with E-state index in [9.17, 15) is 0 Å². The van der Waals surface area contributed by atoms with Crippen LogP contribution in [0.4, 0.5) is 0 Å². The fourth-order valence-electron chi connectivity index (χ4n) is 3.03. The van der Waals surface area contributed by atoms with Crippen molar-refractivity contribution in [3.63, 3.8) is 0 Å². The number of benzene rings is 1. The molecule has 6 heteroatoms. The van der Waals surface area contributed by atoms with Gasteiger partial charge in [0.25, 0.3) is 0 Å². The molecule has 0 saturated carbocycles. The van der Waals surface area contributed by atoms with E-state index in [2.05, 4.69) is 46.8 Å². The molecular weight excluding hydrogens is 340 g/mol. The quantitative estimate of drug-likeness (QED) is 0.376. The molecule has 1 heterocycles. The summed E-state index contributed by atoms with van der Waals surface area (Å²) in [5, 5.41) is 10.8. The summed E-state index contributed by atoms with van der Waals surface area (Å²) >= 11 is 0. The molecule has 0 unspecified atom stereocenters. The molecular formula is C21H32N4O2. The highest BCUT2D eigenvalue weighted by Crippen LogP contribution is 2.22. The zero-order valence-corrected chi connectivity index (χ0v) is 16.9. The Morgan fingerprint density at radius 2 is 2.04 bits per heavy atom. The summed E-state index contributed by atoms with van der Waals surface area (Å²) in [5.74, 6) is 2.96. The van der Waals surface area contributed by atoms with E-state index in [1.165, 1.54) is 5.56 Å². The fourth-order valence-corrected chi connectivity index (χ4v) is 3.03. The molecule has 6 nitrogen and oxygen atoms in total. The first-order chi connectivity index (χ1) is 13.2. The van der Waals surface area contributed by atoms with Gasteiger partial charge in [0.05, 0.1) is 19.3 Å². The summed E-state index contributed by atoms with van der Waals surface area (Å²) in [7, 11) is 3.46. The van der Waals surface area contributed by atoms with Crippen molar-refractivity contribution in [2.75, 3.05) is 20.7 Å². The molecule has 27 heavy (non-hydrogen) atoms. The SMILES string of the molecule is CCC(CC)c1cc(CNC(=NC)NCCCc2cccc(OC)c2)on1. The van der Waals surface area contributed by atoms with Crippen molar-refractivity contribution in [1.82, 2.24) is 15.8 Å². The molecule has 0 atom stereocenters. The number of aromatic nitrogens is 1. The monoisotopic (exact) mass is 372 g/mol. The molecule has 0 aliphatic heterocycles. The Hall–Kier alpha value is -2.50. The van der Waals surface area contributed by atoms with Gasteiger partial charge in [-0.2, -0.15) is 0 Å². The lowest BCUT2D eigenvalue weighted by Gasteiger charge is -2.11. The maximum absolute atomic E-state index is 5.44. The van der Waals surface area contributed by atoms with Gasteiger partial charge < -0.3 is 19.9 Å². The van der Waals surface area contributed by atoms with Crippen LogP contribution in [-0.2, 0) is 13.0 Å². The van der Waals surface area contributed by atoms with E-state index in [4.69, 9.17) is 9.26 Å². The van der Waals surface area contributed by atoms with E-state index in [1.54, 1.807) is 14.2 Å². The van der Waals surface area contributed by atoms with Crippen LogP contribution in [-0.4, -0.2) is 31.8 Å². The molecule has 0 radical (unpaired) electrons. The fraction of sp³-hybridized carbons (Fsp3) is 0.524. The van der Waals surface area contributed by atoms with Gasteiger partial charge in [0.15, 0.2) is 11.7 Å². The van der Waals surface area contributed by atoms with Crippen LogP contribution in [0, 0.1) is 0 Å². The summed E-state index contributed by atoms with van der Waals surface area (Å²) in [6, 6.07) is 10.2. The van der Waals surface area contributed by atoms with E-state index >= 15 is 0 Å². The van der Waals surface area contributed by atoms with Gasteiger partial charge in [0, 0.05) is 25.6 Å². The van der Waals surface area contributed by atoms with Crippen molar-refractivity contribution < 1.29 is 9.26 Å². The topological polar surface area (TPSA) is 71.7 Å².